The molecule has 0 saturated carbocycles. The van der Waals surface area contributed by atoms with Gasteiger partial charge in [-0.1, -0.05) is 59.6 Å². The summed E-state index contributed by atoms with van der Waals surface area (Å²) in [4.78, 5) is 0. The molecule has 0 unspecified atom stereocenters. The van der Waals surface area contributed by atoms with Crippen molar-refractivity contribution in [2.24, 2.45) is 0 Å². The van der Waals surface area contributed by atoms with Crippen molar-refractivity contribution < 1.29 is 0 Å². The van der Waals surface area contributed by atoms with Gasteiger partial charge in [-0.25, -0.2) is 0 Å². The van der Waals surface area contributed by atoms with E-state index in [2.05, 4.69) is 25.1 Å². The Balaban J connectivity index is 2.55. The lowest BCUT2D eigenvalue weighted by molar-refractivity contribution is 1.47. The summed E-state index contributed by atoms with van der Waals surface area (Å²) in [6.45, 7) is 2.08. The third kappa shape index (κ3) is 1.80. The van der Waals surface area contributed by atoms with Crippen LogP contribution in [-0.4, -0.2) is 0 Å². The molecule has 0 nitrogen and oxygen atoms in total. The Morgan fingerprint density at radius 1 is 0.929 bits per heavy atom. The molecule has 0 atom stereocenters. The minimum Gasteiger partial charge on any atom is -0.0837 e. The summed E-state index contributed by atoms with van der Waals surface area (Å²) >= 11 is 6.11. The van der Waals surface area contributed by atoms with Gasteiger partial charge in [-0.3, -0.25) is 0 Å². The zero-order valence-electron chi connectivity index (χ0n) is 8.00. The Bertz CT molecular complexity index is 446. The molecule has 70 valence electrons. The molecule has 0 aliphatic heterocycles. The Morgan fingerprint density at radius 2 is 1.71 bits per heavy atom. The highest BCUT2D eigenvalue weighted by Crippen LogP contribution is 2.27. The van der Waals surface area contributed by atoms with Crippen molar-refractivity contribution in [3.8, 4) is 11.1 Å². The zero-order valence-corrected chi connectivity index (χ0v) is 8.75. The fourth-order valence-corrected chi connectivity index (χ4v) is 1.75. The molecule has 0 heterocycles. The summed E-state index contributed by atoms with van der Waals surface area (Å²) in [5.41, 5.74) is 3.52. The number of hydrogen-bond donors (Lipinski definition) is 0. The lowest BCUT2D eigenvalue weighted by Gasteiger charge is -2.04. The maximum atomic E-state index is 6.11. The van der Waals surface area contributed by atoms with Crippen LogP contribution >= 0.6 is 11.6 Å². The Kier molecular flexibility index (Phi) is 2.55. The molecule has 2 aromatic rings. The molecular weight excluding hydrogens is 192 g/mol. The first-order valence-electron chi connectivity index (χ1n) is 4.59. The van der Waals surface area contributed by atoms with Gasteiger partial charge < -0.3 is 0 Å². The van der Waals surface area contributed by atoms with E-state index in [9.17, 15) is 0 Å². The second-order valence-corrected chi connectivity index (χ2v) is 3.76. The topological polar surface area (TPSA) is 0 Å². The lowest BCUT2D eigenvalue weighted by atomic mass is 10.0. The van der Waals surface area contributed by atoms with Crippen molar-refractivity contribution in [2.75, 3.05) is 0 Å². The van der Waals surface area contributed by atoms with Crippen molar-refractivity contribution in [1.29, 1.82) is 0 Å². The van der Waals surface area contributed by atoms with Gasteiger partial charge >= 0.3 is 0 Å². The number of rotatable bonds is 1. The largest absolute Gasteiger partial charge is 0.0837 e. The van der Waals surface area contributed by atoms with E-state index in [-0.39, 0.29) is 0 Å². The van der Waals surface area contributed by atoms with E-state index < -0.39 is 0 Å². The van der Waals surface area contributed by atoms with E-state index in [1.54, 1.807) is 0 Å². The van der Waals surface area contributed by atoms with Crippen LogP contribution in [-0.2, 0) is 0 Å². The second-order valence-electron chi connectivity index (χ2n) is 3.35. The van der Waals surface area contributed by atoms with Crippen molar-refractivity contribution in [3.63, 3.8) is 0 Å². The molecule has 0 amide bonds. The van der Waals surface area contributed by atoms with E-state index in [1.807, 2.05) is 30.3 Å². The SMILES string of the molecule is Cc1cccc(-c2ccccc2Cl)c1. The van der Waals surface area contributed by atoms with Crippen molar-refractivity contribution in [3.05, 3.63) is 59.1 Å². The molecule has 0 N–H and O–H groups in total. The summed E-state index contributed by atoms with van der Waals surface area (Å²) in [5.74, 6) is 0. The van der Waals surface area contributed by atoms with E-state index in [0.717, 1.165) is 10.6 Å². The zero-order chi connectivity index (χ0) is 9.97. The molecule has 1 heteroatoms. The van der Waals surface area contributed by atoms with Crippen LogP contribution in [0.5, 0.6) is 0 Å². The van der Waals surface area contributed by atoms with Crippen LogP contribution < -0.4 is 0 Å². The Morgan fingerprint density at radius 3 is 2.43 bits per heavy atom. The van der Waals surface area contributed by atoms with Crippen LogP contribution in [0.25, 0.3) is 11.1 Å². The van der Waals surface area contributed by atoms with Crippen molar-refractivity contribution in [2.45, 2.75) is 6.92 Å². The number of hydrogen-bond acceptors (Lipinski definition) is 0. The lowest BCUT2D eigenvalue weighted by Crippen LogP contribution is -1.79. The summed E-state index contributed by atoms with van der Waals surface area (Å²) in [7, 11) is 0. The molecule has 14 heavy (non-hydrogen) atoms. The Hall–Kier alpha value is -1.27. The molecule has 2 rings (SSSR count). The predicted octanol–water partition coefficient (Wildman–Crippen LogP) is 4.32. The minimum atomic E-state index is 0.804. The van der Waals surface area contributed by atoms with Gasteiger partial charge in [0, 0.05) is 10.6 Å². The molecule has 0 fully saturated rings. The maximum Gasteiger partial charge on any atom is 0.0484 e. The molecule has 0 aliphatic rings. The summed E-state index contributed by atoms with van der Waals surface area (Å²) in [5, 5.41) is 0.804. The third-order valence-electron chi connectivity index (χ3n) is 2.20. The van der Waals surface area contributed by atoms with Crippen LogP contribution in [0.2, 0.25) is 5.02 Å². The smallest absolute Gasteiger partial charge is 0.0484 e. The van der Waals surface area contributed by atoms with Crippen LogP contribution in [0.4, 0.5) is 0 Å². The first kappa shape index (κ1) is 9.29. The number of aryl methyl sites for hydroxylation is 1. The molecule has 0 bridgehead atoms. The summed E-state index contributed by atoms with van der Waals surface area (Å²) in [6.07, 6.45) is 0. The van der Waals surface area contributed by atoms with Crippen molar-refractivity contribution >= 4 is 11.6 Å². The maximum absolute atomic E-state index is 6.11. The monoisotopic (exact) mass is 202 g/mol. The van der Waals surface area contributed by atoms with Crippen LogP contribution in [0.1, 0.15) is 5.56 Å². The van der Waals surface area contributed by atoms with Gasteiger partial charge in [-0.15, -0.1) is 0 Å². The van der Waals surface area contributed by atoms with Gasteiger partial charge in [-0.05, 0) is 18.6 Å². The van der Waals surface area contributed by atoms with Crippen LogP contribution in [0.15, 0.2) is 48.5 Å². The average molecular weight is 203 g/mol. The molecule has 0 saturated heterocycles. The van der Waals surface area contributed by atoms with Gasteiger partial charge in [0.25, 0.3) is 0 Å². The molecular formula is C13H11Cl. The van der Waals surface area contributed by atoms with Gasteiger partial charge in [0.15, 0.2) is 0 Å². The molecule has 2 aromatic carbocycles. The highest BCUT2D eigenvalue weighted by Gasteiger charge is 2.01. The average Bonchev–Trinajstić information content (AvgIpc) is 2.18. The first-order valence-corrected chi connectivity index (χ1v) is 4.97. The van der Waals surface area contributed by atoms with Crippen LogP contribution in [0.3, 0.4) is 0 Å². The highest BCUT2D eigenvalue weighted by molar-refractivity contribution is 6.33. The molecule has 0 spiro atoms. The second kappa shape index (κ2) is 3.85. The fourth-order valence-electron chi connectivity index (χ4n) is 1.51. The van der Waals surface area contributed by atoms with E-state index in [4.69, 9.17) is 11.6 Å². The normalized spacial score (nSPS) is 10.1. The van der Waals surface area contributed by atoms with E-state index in [0.29, 0.717) is 0 Å². The minimum absolute atomic E-state index is 0.804. The fraction of sp³-hybridized carbons (Fsp3) is 0.0769. The van der Waals surface area contributed by atoms with Crippen molar-refractivity contribution in [1.82, 2.24) is 0 Å². The number of halogens is 1. The molecule has 0 aliphatic carbocycles. The van der Waals surface area contributed by atoms with E-state index in [1.165, 1.54) is 11.1 Å². The molecule has 0 radical (unpaired) electrons. The van der Waals surface area contributed by atoms with Crippen LogP contribution in [0, 0.1) is 6.92 Å². The van der Waals surface area contributed by atoms with Gasteiger partial charge in [0.2, 0.25) is 0 Å². The summed E-state index contributed by atoms with van der Waals surface area (Å²) in [6, 6.07) is 16.3. The highest BCUT2D eigenvalue weighted by atomic mass is 35.5. The van der Waals surface area contributed by atoms with Gasteiger partial charge in [0.05, 0.1) is 0 Å². The number of benzene rings is 2. The third-order valence-corrected chi connectivity index (χ3v) is 2.53. The summed E-state index contributed by atoms with van der Waals surface area (Å²) < 4.78 is 0. The quantitative estimate of drug-likeness (QED) is 0.646. The Labute approximate surface area is 89.2 Å². The van der Waals surface area contributed by atoms with Gasteiger partial charge in [0.1, 0.15) is 0 Å². The first-order chi connectivity index (χ1) is 6.77. The predicted molar refractivity (Wildman–Crippen MR) is 61.6 cm³/mol. The molecule has 0 aromatic heterocycles. The standard InChI is InChI=1S/C13H11Cl/c1-10-5-4-6-11(9-10)12-7-2-3-8-13(12)14/h2-9H,1H3. The van der Waals surface area contributed by atoms with E-state index >= 15 is 0 Å². The van der Waals surface area contributed by atoms with Gasteiger partial charge in [-0.2, -0.15) is 0 Å².